The first-order chi connectivity index (χ1) is 5.59. The van der Waals surface area contributed by atoms with Gasteiger partial charge in [0.2, 0.25) is 18.6 Å². The van der Waals surface area contributed by atoms with Gasteiger partial charge >= 0.3 is 0 Å². The standard InChI is InChI=1S/C5H10NO5P/c1-4(7)6(5(2)8)9-3-10-11-12/h3,12H2,1-2H3. The van der Waals surface area contributed by atoms with Crippen molar-refractivity contribution in [3.05, 3.63) is 0 Å². The molecule has 0 bridgehead atoms. The second-order valence-electron chi connectivity index (χ2n) is 1.79. The minimum absolute atomic E-state index is 0.331. The van der Waals surface area contributed by atoms with Gasteiger partial charge in [0.05, 0.1) is 0 Å². The molecule has 0 aliphatic heterocycles. The maximum atomic E-state index is 10.7. The Morgan fingerprint density at radius 2 is 1.83 bits per heavy atom. The van der Waals surface area contributed by atoms with Crippen LogP contribution in [0.15, 0.2) is 0 Å². The Bertz CT molecular complexity index is 159. The molecule has 0 aromatic rings. The van der Waals surface area contributed by atoms with Crippen molar-refractivity contribution in [1.82, 2.24) is 5.06 Å². The van der Waals surface area contributed by atoms with Gasteiger partial charge in [-0.25, -0.2) is 14.4 Å². The molecule has 0 saturated carbocycles. The van der Waals surface area contributed by atoms with Crippen LogP contribution in [0.2, 0.25) is 0 Å². The number of carbonyl (C=O) groups is 2. The van der Waals surface area contributed by atoms with E-state index in [-0.39, 0.29) is 6.79 Å². The van der Waals surface area contributed by atoms with Crippen molar-refractivity contribution in [2.75, 3.05) is 6.79 Å². The zero-order valence-corrected chi connectivity index (χ0v) is 7.93. The monoisotopic (exact) mass is 195 g/mol. The molecular weight excluding hydrogens is 185 g/mol. The Morgan fingerprint density at radius 3 is 2.17 bits per heavy atom. The van der Waals surface area contributed by atoms with Gasteiger partial charge in [-0.1, -0.05) is 0 Å². The first kappa shape index (κ1) is 11.4. The van der Waals surface area contributed by atoms with E-state index in [1.54, 1.807) is 0 Å². The number of nitrogens with zero attached hydrogens (tertiary/aromatic N) is 1. The van der Waals surface area contributed by atoms with Crippen molar-refractivity contribution in [3.8, 4) is 0 Å². The summed E-state index contributed by atoms with van der Waals surface area (Å²) in [6.07, 6.45) is 0. The summed E-state index contributed by atoms with van der Waals surface area (Å²) >= 11 is 0. The molecule has 0 aliphatic carbocycles. The van der Waals surface area contributed by atoms with Gasteiger partial charge in [0.1, 0.15) is 0 Å². The molecular formula is C5H10NO5P. The van der Waals surface area contributed by atoms with E-state index >= 15 is 0 Å². The predicted molar refractivity (Wildman–Crippen MR) is 41.0 cm³/mol. The first-order valence-electron chi connectivity index (χ1n) is 3.02. The lowest BCUT2D eigenvalue weighted by Gasteiger charge is -2.14. The van der Waals surface area contributed by atoms with Crippen LogP contribution in [-0.4, -0.2) is 23.7 Å². The molecule has 0 heterocycles. The number of imide groups is 1. The molecule has 70 valence electrons. The maximum Gasteiger partial charge on any atom is 0.250 e. The van der Waals surface area contributed by atoms with Gasteiger partial charge in [-0.15, -0.1) is 0 Å². The topological polar surface area (TPSA) is 65.1 Å². The zero-order chi connectivity index (χ0) is 9.56. The molecule has 1 unspecified atom stereocenters. The van der Waals surface area contributed by atoms with E-state index in [0.717, 1.165) is 0 Å². The van der Waals surface area contributed by atoms with Crippen LogP contribution < -0.4 is 0 Å². The number of hydrogen-bond acceptors (Lipinski definition) is 5. The molecule has 0 rings (SSSR count). The summed E-state index contributed by atoms with van der Waals surface area (Å²) in [7, 11) is 1.82. The summed E-state index contributed by atoms with van der Waals surface area (Å²) in [5.74, 6) is -1.04. The van der Waals surface area contributed by atoms with Gasteiger partial charge in [-0.05, 0) is 0 Å². The van der Waals surface area contributed by atoms with Crippen LogP contribution in [0, 0.1) is 0 Å². The molecule has 0 aliphatic rings. The van der Waals surface area contributed by atoms with E-state index in [1.807, 2.05) is 9.47 Å². The van der Waals surface area contributed by atoms with Crippen LogP contribution in [0.1, 0.15) is 13.8 Å². The first-order valence-corrected chi connectivity index (χ1v) is 3.49. The molecule has 0 aromatic heterocycles. The summed E-state index contributed by atoms with van der Waals surface area (Å²) < 4.78 is 4.09. The van der Waals surface area contributed by atoms with Crippen LogP contribution in [0.25, 0.3) is 0 Å². The number of hydrogen-bond donors (Lipinski definition) is 0. The van der Waals surface area contributed by atoms with Gasteiger partial charge in [0, 0.05) is 23.3 Å². The summed E-state index contributed by atoms with van der Waals surface area (Å²) in [4.78, 5) is 30.2. The van der Waals surface area contributed by atoms with Crippen LogP contribution in [-0.2, 0) is 24.0 Å². The van der Waals surface area contributed by atoms with E-state index in [9.17, 15) is 9.59 Å². The van der Waals surface area contributed by atoms with Crippen LogP contribution in [0.4, 0.5) is 0 Å². The minimum Gasteiger partial charge on any atom is -0.272 e. The average molecular weight is 195 g/mol. The van der Waals surface area contributed by atoms with Gasteiger partial charge < -0.3 is 0 Å². The van der Waals surface area contributed by atoms with Crippen molar-refractivity contribution in [3.63, 3.8) is 0 Å². The van der Waals surface area contributed by atoms with Crippen LogP contribution in [0.5, 0.6) is 0 Å². The van der Waals surface area contributed by atoms with Gasteiger partial charge in [-0.3, -0.25) is 9.59 Å². The van der Waals surface area contributed by atoms with Crippen LogP contribution >= 0.6 is 9.47 Å². The highest BCUT2D eigenvalue weighted by atomic mass is 31.0. The van der Waals surface area contributed by atoms with Gasteiger partial charge in [0.25, 0.3) is 0 Å². The molecule has 0 saturated heterocycles. The fraction of sp³-hybridized carbons (Fsp3) is 0.600. The van der Waals surface area contributed by atoms with E-state index in [2.05, 4.69) is 14.4 Å². The Labute approximate surface area is 71.9 Å². The summed E-state index contributed by atoms with van der Waals surface area (Å²) in [6.45, 7) is 2.06. The second kappa shape index (κ2) is 6.02. The van der Waals surface area contributed by atoms with Crippen molar-refractivity contribution in [1.29, 1.82) is 0 Å². The average Bonchev–Trinajstić information content (AvgIpc) is 1.96. The highest BCUT2D eigenvalue weighted by Crippen LogP contribution is 1.94. The molecule has 0 N–H and O–H groups in total. The van der Waals surface area contributed by atoms with Crippen molar-refractivity contribution in [2.45, 2.75) is 13.8 Å². The van der Waals surface area contributed by atoms with E-state index < -0.39 is 11.8 Å². The summed E-state index contributed by atoms with van der Waals surface area (Å²) in [6, 6.07) is 0. The normalized spacial score (nSPS) is 9.58. The molecule has 6 nitrogen and oxygen atoms in total. The third-order valence-electron chi connectivity index (χ3n) is 0.870. The largest absolute Gasteiger partial charge is 0.272 e. The Balaban J connectivity index is 3.80. The fourth-order valence-corrected chi connectivity index (χ4v) is 0.561. The van der Waals surface area contributed by atoms with E-state index in [0.29, 0.717) is 5.06 Å². The lowest BCUT2D eigenvalue weighted by atomic mass is 10.6. The SMILES string of the molecule is CC(=O)N(OCOOP)C(C)=O. The summed E-state index contributed by atoms with van der Waals surface area (Å²) in [5.41, 5.74) is 0. The molecule has 2 amide bonds. The fourth-order valence-electron chi connectivity index (χ4n) is 0.506. The smallest absolute Gasteiger partial charge is 0.250 e. The van der Waals surface area contributed by atoms with Gasteiger partial charge in [0.15, 0.2) is 0 Å². The number of amides is 2. The lowest BCUT2D eigenvalue weighted by molar-refractivity contribution is -0.302. The molecule has 1 atom stereocenters. The second-order valence-corrected chi connectivity index (χ2v) is 1.99. The third-order valence-corrected chi connectivity index (χ3v) is 1.01. The minimum atomic E-state index is -0.519. The molecule has 7 heteroatoms. The van der Waals surface area contributed by atoms with E-state index in [1.165, 1.54) is 13.8 Å². The van der Waals surface area contributed by atoms with E-state index in [4.69, 9.17) is 0 Å². The van der Waals surface area contributed by atoms with Crippen LogP contribution in [0.3, 0.4) is 0 Å². The Morgan fingerprint density at radius 1 is 1.33 bits per heavy atom. The number of hydroxylamine groups is 2. The number of carbonyl (C=O) groups excluding carboxylic acids is 2. The quantitative estimate of drug-likeness (QED) is 0.208. The van der Waals surface area contributed by atoms with Crippen molar-refractivity contribution < 1.29 is 24.0 Å². The van der Waals surface area contributed by atoms with Gasteiger partial charge in [-0.2, -0.15) is 5.06 Å². The highest BCUT2D eigenvalue weighted by Gasteiger charge is 2.14. The Kier molecular flexibility index (Phi) is 5.74. The molecule has 0 fully saturated rings. The maximum absolute atomic E-state index is 10.7. The lowest BCUT2D eigenvalue weighted by Crippen LogP contribution is -2.33. The predicted octanol–water partition coefficient (Wildman–Crippen LogP) is 0.00880. The molecule has 0 spiro atoms. The highest BCUT2D eigenvalue weighted by molar-refractivity contribution is 7.09. The molecule has 0 radical (unpaired) electrons. The molecule has 0 aromatic carbocycles. The Hall–Kier alpha value is -0.550. The molecule has 12 heavy (non-hydrogen) atoms. The van der Waals surface area contributed by atoms with Crippen molar-refractivity contribution >= 4 is 21.3 Å². The number of rotatable bonds is 4. The third kappa shape index (κ3) is 4.35. The van der Waals surface area contributed by atoms with Crippen molar-refractivity contribution in [2.24, 2.45) is 0 Å². The zero-order valence-electron chi connectivity index (χ0n) is 6.77. The summed E-state index contributed by atoms with van der Waals surface area (Å²) in [5, 5.41) is 0.573.